The number of phosphoric acid groups is 1. The Balaban J connectivity index is 4.20. The third-order valence-electron chi connectivity index (χ3n) is 8.09. The minimum Gasteiger partial charge on any atom is -0.462 e. The van der Waals surface area contributed by atoms with Crippen molar-refractivity contribution >= 4 is 19.8 Å². The van der Waals surface area contributed by atoms with Crippen LogP contribution in [-0.2, 0) is 32.7 Å². The molecule has 48 heavy (non-hydrogen) atoms. The van der Waals surface area contributed by atoms with Gasteiger partial charge in [0, 0.05) is 19.4 Å². The largest absolute Gasteiger partial charge is 0.472 e. The maximum absolute atomic E-state index is 12.5. The van der Waals surface area contributed by atoms with Gasteiger partial charge in [0.15, 0.2) is 6.10 Å². The van der Waals surface area contributed by atoms with Crippen LogP contribution in [0.5, 0.6) is 0 Å². The number of hydrogen-bond acceptors (Lipinski definition) is 8. The Morgan fingerprint density at radius 2 is 1.08 bits per heavy atom. The summed E-state index contributed by atoms with van der Waals surface area (Å²) in [4.78, 5) is 34.7. The number of carbonyl (C=O) groups is 2. The van der Waals surface area contributed by atoms with Crippen LogP contribution in [0.1, 0.15) is 174 Å². The van der Waals surface area contributed by atoms with E-state index in [0.717, 1.165) is 51.4 Å². The zero-order valence-electron chi connectivity index (χ0n) is 30.7. The lowest BCUT2D eigenvalue weighted by atomic mass is 10.1. The van der Waals surface area contributed by atoms with Crippen molar-refractivity contribution in [1.82, 2.24) is 0 Å². The van der Waals surface area contributed by atoms with Crippen molar-refractivity contribution < 1.29 is 37.6 Å². The van der Waals surface area contributed by atoms with Crippen LogP contribution in [0.4, 0.5) is 0 Å². The summed E-state index contributed by atoms with van der Waals surface area (Å²) in [5.41, 5.74) is 5.33. The minimum atomic E-state index is -4.37. The molecule has 0 aromatic carbocycles. The van der Waals surface area contributed by atoms with E-state index < -0.39 is 26.5 Å². The number of hydrogen-bond donors (Lipinski definition) is 2. The molecule has 0 spiro atoms. The van der Waals surface area contributed by atoms with Crippen LogP contribution in [-0.4, -0.2) is 49.3 Å². The number of esters is 2. The first-order valence-electron chi connectivity index (χ1n) is 19.3. The molecule has 0 aromatic heterocycles. The average Bonchev–Trinajstić information content (AvgIpc) is 3.07. The molecule has 2 atom stereocenters. The van der Waals surface area contributed by atoms with Crippen molar-refractivity contribution in [2.75, 3.05) is 26.4 Å². The van der Waals surface area contributed by atoms with Crippen molar-refractivity contribution in [3.05, 3.63) is 24.3 Å². The third-order valence-corrected chi connectivity index (χ3v) is 9.07. The maximum atomic E-state index is 12.5. The number of ether oxygens (including phenoxy) is 2. The molecule has 0 bridgehead atoms. The Labute approximate surface area is 293 Å². The van der Waals surface area contributed by atoms with Gasteiger partial charge in [0.2, 0.25) is 0 Å². The molecule has 0 fully saturated rings. The molecular formula is C38H72NO8P. The molecule has 0 saturated carbocycles. The van der Waals surface area contributed by atoms with E-state index in [1.54, 1.807) is 0 Å². The summed E-state index contributed by atoms with van der Waals surface area (Å²) in [5.74, 6) is -0.837. The van der Waals surface area contributed by atoms with Gasteiger partial charge in [-0.05, 0) is 44.9 Å². The van der Waals surface area contributed by atoms with Crippen molar-refractivity contribution in [3.8, 4) is 0 Å². The molecule has 1 unspecified atom stereocenters. The second-order valence-electron chi connectivity index (χ2n) is 12.8. The van der Waals surface area contributed by atoms with Crippen molar-refractivity contribution in [3.63, 3.8) is 0 Å². The second kappa shape index (κ2) is 35.3. The summed E-state index contributed by atoms with van der Waals surface area (Å²) in [6.07, 6.45) is 34.9. The van der Waals surface area contributed by atoms with Gasteiger partial charge in [-0.1, -0.05) is 141 Å². The monoisotopic (exact) mass is 701 g/mol. The topological polar surface area (TPSA) is 134 Å². The van der Waals surface area contributed by atoms with Gasteiger partial charge in [0.25, 0.3) is 0 Å². The molecule has 0 amide bonds. The van der Waals surface area contributed by atoms with Crippen LogP contribution in [0.3, 0.4) is 0 Å². The zero-order valence-corrected chi connectivity index (χ0v) is 31.6. The smallest absolute Gasteiger partial charge is 0.462 e. The van der Waals surface area contributed by atoms with Crippen molar-refractivity contribution in [2.45, 2.75) is 180 Å². The van der Waals surface area contributed by atoms with E-state index in [4.69, 9.17) is 24.3 Å². The van der Waals surface area contributed by atoms with Crippen LogP contribution < -0.4 is 5.73 Å². The highest BCUT2D eigenvalue weighted by atomic mass is 31.2. The number of carbonyl (C=O) groups excluding carboxylic acids is 2. The molecule has 9 nitrogen and oxygen atoms in total. The molecule has 0 aliphatic rings. The molecule has 3 N–H and O–H groups in total. The highest BCUT2D eigenvalue weighted by molar-refractivity contribution is 7.47. The van der Waals surface area contributed by atoms with Gasteiger partial charge in [-0.2, -0.15) is 0 Å². The van der Waals surface area contributed by atoms with E-state index in [9.17, 15) is 19.0 Å². The molecule has 0 aromatic rings. The van der Waals surface area contributed by atoms with Crippen LogP contribution >= 0.6 is 7.82 Å². The Hall–Kier alpha value is -1.51. The summed E-state index contributed by atoms with van der Waals surface area (Å²) < 4.78 is 32.6. The first-order chi connectivity index (χ1) is 23.3. The van der Waals surface area contributed by atoms with E-state index in [-0.39, 0.29) is 38.6 Å². The fourth-order valence-electron chi connectivity index (χ4n) is 5.19. The Morgan fingerprint density at radius 1 is 0.625 bits per heavy atom. The molecule has 282 valence electrons. The predicted molar refractivity (Wildman–Crippen MR) is 197 cm³/mol. The summed E-state index contributed by atoms with van der Waals surface area (Å²) in [6, 6.07) is 0. The SMILES string of the molecule is CCCCC/C=C/C/C=C/CCCCCCCCCC(=O)O[C@H](COC(=O)CCCCCCCCCCCC)COP(=O)(O)OCCN. The maximum Gasteiger partial charge on any atom is 0.472 e. The lowest BCUT2D eigenvalue weighted by molar-refractivity contribution is -0.161. The normalized spacial score (nSPS) is 13.7. The molecule has 0 rings (SSSR count). The quantitative estimate of drug-likeness (QED) is 0.0283. The van der Waals surface area contributed by atoms with Crippen LogP contribution in [0.15, 0.2) is 24.3 Å². The van der Waals surface area contributed by atoms with Crippen molar-refractivity contribution in [1.29, 1.82) is 0 Å². The Morgan fingerprint density at radius 3 is 1.62 bits per heavy atom. The van der Waals surface area contributed by atoms with E-state index in [0.29, 0.717) is 6.42 Å². The van der Waals surface area contributed by atoms with Gasteiger partial charge in [0.05, 0.1) is 13.2 Å². The van der Waals surface area contributed by atoms with Gasteiger partial charge in [-0.25, -0.2) is 4.57 Å². The molecule has 0 heterocycles. The number of phosphoric ester groups is 1. The molecule has 0 aliphatic carbocycles. The third kappa shape index (κ3) is 34.4. The van der Waals surface area contributed by atoms with E-state index in [1.807, 2.05) is 0 Å². The average molecular weight is 702 g/mol. The minimum absolute atomic E-state index is 0.0532. The highest BCUT2D eigenvalue weighted by Gasteiger charge is 2.25. The molecule has 0 radical (unpaired) electrons. The molecule has 0 saturated heterocycles. The predicted octanol–water partition coefficient (Wildman–Crippen LogP) is 10.4. The van der Waals surface area contributed by atoms with Gasteiger partial charge in [0.1, 0.15) is 6.61 Å². The van der Waals surface area contributed by atoms with Gasteiger partial charge >= 0.3 is 19.8 Å². The van der Waals surface area contributed by atoms with Gasteiger partial charge < -0.3 is 20.1 Å². The van der Waals surface area contributed by atoms with Crippen LogP contribution in [0, 0.1) is 0 Å². The number of rotatable bonds is 36. The lowest BCUT2D eigenvalue weighted by Gasteiger charge is -2.19. The fraction of sp³-hybridized carbons (Fsp3) is 0.842. The van der Waals surface area contributed by atoms with Crippen molar-refractivity contribution in [2.24, 2.45) is 5.73 Å². The summed E-state index contributed by atoms with van der Waals surface area (Å²) in [6.45, 7) is 3.68. The van der Waals surface area contributed by atoms with Gasteiger partial charge in [-0.3, -0.25) is 18.6 Å². The standard InChI is InChI=1S/C38H72NO8P/c1-3-5-7-9-11-13-15-16-17-18-19-20-21-23-25-27-29-31-38(41)47-36(35-46-48(42,43)45-33-32-39)34-44-37(40)30-28-26-24-22-14-12-10-8-6-4-2/h11,13,16-17,36H,3-10,12,14-15,18-35,39H2,1-2H3,(H,42,43)/b13-11+,17-16+/t36-/m1/s1. The summed E-state index contributed by atoms with van der Waals surface area (Å²) >= 11 is 0. The van der Waals surface area contributed by atoms with Crippen LogP contribution in [0.25, 0.3) is 0 Å². The number of nitrogens with two attached hydrogens (primary N) is 1. The van der Waals surface area contributed by atoms with E-state index in [2.05, 4.69) is 38.2 Å². The summed E-state index contributed by atoms with van der Waals surface area (Å²) in [7, 11) is -4.37. The Kier molecular flexibility index (Phi) is 34.2. The van der Waals surface area contributed by atoms with Gasteiger partial charge in [-0.15, -0.1) is 0 Å². The fourth-order valence-corrected chi connectivity index (χ4v) is 5.96. The number of unbranched alkanes of at least 4 members (excludes halogenated alkanes) is 19. The first-order valence-corrected chi connectivity index (χ1v) is 20.8. The zero-order chi connectivity index (χ0) is 35.4. The van der Waals surface area contributed by atoms with Crippen LogP contribution in [0.2, 0.25) is 0 Å². The second-order valence-corrected chi connectivity index (χ2v) is 14.3. The Bertz CT molecular complexity index is 851. The number of allylic oxidation sites excluding steroid dienone is 4. The first kappa shape index (κ1) is 46.5. The molecular weight excluding hydrogens is 629 g/mol. The molecule has 0 aliphatic heterocycles. The van der Waals surface area contributed by atoms with E-state index >= 15 is 0 Å². The molecule has 10 heteroatoms. The summed E-state index contributed by atoms with van der Waals surface area (Å²) in [5, 5.41) is 0. The lowest BCUT2D eigenvalue weighted by Crippen LogP contribution is -2.29. The van der Waals surface area contributed by atoms with E-state index in [1.165, 1.54) is 89.9 Å². The highest BCUT2D eigenvalue weighted by Crippen LogP contribution is 2.43.